The molecule has 2 heterocycles. The predicted molar refractivity (Wildman–Crippen MR) is 110 cm³/mol. The molecule has 0 bridgehead atoms. The van der Waals surface area contributed by atoms with Crippen LogP contribution in [0.15, 0.2) is 48.5 Å². The fraction of sp³-hybridized carbons (Fsp3) is 0.409. The Hall–Kier alpha value is -2.87. The summed E-state index contributed by atoms with van der Waals surface area (Å²) in [5.74, 6) is 0.281. The zero-order chi connectivity index (χ0) is 21.3. The molecule has 3 aromatic rings. The number of tetrazole rings is 1. The number of nitrogens with one attached hydrogen (secondary N) is 1. The van der Waals surface area contributed by atoms with Gasteiger partial charge < -0.3 is 9.80 Å². The fourth-order valence-corrected chi connectivity index (χ4v) is 4.11. The molecular formula is C22H27F2N6+. The Morgan fingerprint density at radius 3 is 2.27 bits per heavy atom. The molecule has 0 spiro atoms. The maximum absolute atomic E-state index is 14.2. The van der Waals surface area contributed by atoms with E-state index in [9.17, 15) is 8.78 Å². The summed E-state index contributed by atoms with van der Waals surface area (Å²) in [6.45, 7) is 9.16. The lowest BCUT2D eigenvalue weighted by atomic mass is 10.0. The van der Waals surface area contributed by atoms with E-state index >= 15 is 0 Å². The highest BCUT2D eigenvalue weighted by Crippen LogP contribution is 2.24. The third-order valence-corrected chi connectivity index (χ3v) is 5.60. The number of quaternary nitrogens is 1. The highest BCUT2D eigenvalue weighted by molar-refractivity contribution is 5.47. The second kappa shape index (κ2) is 8.10. The molecule has 8 heteroatoms. The average Bonchev–Trinajstić information content (AvgIpc) is 3.21. The molecule has 1 atom stereocenters. The molecule has 4 rings (SSSR count). The monoisotopic (exact) mass is 413 g/mol. The van der Waals surface area contributed by atoms with E-state index in [1.807, 2.05) is 16.8 Å². The van der Waals surface area contributed by atoms with Crippen LogP contribution in [0.4, 0.5) is 14.5 Å². The normalized spacial score (nSPS) is 16.6. The van der Waals surface area contributed by atoms with Crippen molar-refractivity contribution in [2.24, 2.45) is 0 Å². The number of piperazine rings is 1. The molecule has 0 aliphatic carbocycles. The summed E-state index contributed by atoms with van der Waals surface area (Å²) in [4.78, 5) is 3.35. The van der Waals surface area contributed by atoms with Gasteiger partial charge in [-0.2, -0.15) is 0 Å². The van der Waals surface area contributed by atoms with Gasteiger partial charge in [0.2, 0.25) is 5.82 Å². The molecule has 2 aromatic carbocycles. The summed E-state index contributed by atoms with van der Waals surface area (Å²) in [5, 5.41) is 12.5. The van der Waals surface area contributed by atoms with Crippen molar-refractivity contribution in [3.63, 3.8) is 0 Å². The van der Waals surface area contributed by atoms with E-state index in [2.05, 4.69) is 41.2 Å². The molecule has 1 N–H and O–H groups in total. The number of para-hydroxylation sites is 1. The van der Waals surface area contributed by atoms with E-state index < -0.39 is 0 Å². The van der Waals surface area contributed by atoms with Gasteiger partial charge in [-0.1, -0.05) is 12.1 Å². The first-order chi connectivity index (χ1) is 14.3. The first-order valence-corrected chi connectivity index (χ1v) is 10.2. The maximum Gasteiger partial charge on any atom is 0.214 e. The van der Waals surface area contributed by atoms with Crippen molar-refractivity contribution in [3.05, 3.63) is 71.6 Å². The molecule has 158 valence electrons. The van der Waals surface area contributed by atoms with Gasteiger partial charge in [-0.3, -0.25) is 0 Å². The second-order valence-electron chi connectivity index (χ2n) is 8.70. The Kier molecular flexibility index (Phi) is 5.51. The number of hydrogen-bond donors (Lipinski definition) is 1. The summed E-state index contributed by atoms with van der Waals surface area (Å²) in [6.07, 6.45) is 0. The van der Waals surface area contributed by atoms with Crippen LogP contribution in [0.5, 0.6) is 0 Å². The predicted octanol–water partition coefficient (Wildman–Crippen LogP) is 2.20. The third kappa shape index (κ3) is 4.05. The van der Waals surface area contributed by atoms with Crippen LogP contribution in [0.1, 0.15) is 38.2 Å². The minimum absolute atomic E-state index is 0.136. The molecule has 0 amide bonds. The van der Waals surface area contributed by atoms with Gasteiger partial charge in [0.05, 0.1) is 37.4 Å². The van der Waals surface area contributed by atoms with E-state index in [0.29, 0.717) is 18.8 Å². The molecule has 1 saturated heterocycles. The van der Waals surface area contributed by atoms with Crippen LogP contribution < -0.4 is 9.80 Å². The van der Waals surface area contributed by atoms with Gasteiger partial charge in [-0.15, -0.1) is 5.10 Å². The van der Waals surface area contributed by atoms with Crippen molar-refractivity contribution < 1.29 is 13.7 Å². The van der Waals surface area contributed by atoms with Crippen LogP contribution in [0, 0.1) is 11.6 Å². The van der Waals surface area contributed by atoms with Crippen LogP contribution in [-0.4, -0.2) is 46.4 Å². The number of nitrogens with zero attached hydrogens (tertiary/aromatic N) is 5. The largest absolute Gasteiger partial charge is 0.358 e. The van der Waals surface area contributed by atoms with Gasteiger partial charge in [0.15, 0.2) is 6.04 Å². The Balaban J connectivity index is 1.64. The summed E-state index contributed by atoms with van der Waals surface area (Å²) in [5.41, 5.74) is 1.31. The Morgan fingerprint density at radius 2 is 1.63 bits per heavy atom. The smallest absolute Gasteiger partial charge is 0.214 e. The van der Waals surface area contributed by atoms with Crippen LogP contribution >= 0.6 is 0 Å². The summed E-state index contributed by atoms with van der Waals surface area (Å²) < 4.78 is 29.7. The van der Waals surface area contributed by atoms with Crippen molar-refractivity contribution in [1.82, 2.24) is 20.2 Å². The van der Waals surface area contributed by atoms with Crippen LogP contribution in [0.25, 0.3) is 0 Å². The average molecular weight is 413 g/mol. The van der Waals surface area contributed by atoms with Gasteiger partial charge in [-0.05, 0) is 67.6 Å². The minimum Gasteiger partial charge on any atom is -0.358 e. The van der Waals surface area contributed by atoms with Gasteiger partial charge in [0.25, 0.3) is 0 Å². The standard InChI is InChI=1S/C22H26F2N6/c1-22(2,3)30-21(25-26-27-30)20(16-8-10-17(23)11-9-16)29-14-12-28(13-15-29)19-7-5-4-6-18(19)24/h4-11,20H,12-15H2,1-3H3/p+1/t20-/m1/s1. The summed E-state index contributed by atoms with van der Waals surface area (Å²) >= 11 is 0. The highest BCUT2D eigenvalue weighted by Gasteiger charge is 2.36. The van der Waals surface area contributed by atoms with Gasteiger partial charge in [0, 0.05) is 5.56 Å². The third-order valence-electron chi connectivity index (χ3n) is 5.60. The van der Waals surface area contributed by atoms with Crippen molar-refractivity contribution in [2.75, 3.05) is 31.1 Å². The SMILES string of the molecule is CC(C)(C)n1nnnc1[C@@H](c1ccc(F)cc1)[NH+]1CCN(c2ccccc2F)CC1. The van der Waals surface area contributed by atoms with Crippen LogP contribution in [0.3, 0.4) is 0 Å². The van der Waals surface area contributed by atoms with E-state index in [-0.39, 0.29) is 23.2 Å². The lowest BCUT2D eigenvalue weighted by Gasteiger charge is -2.37. The van der Waals surface area contributed by atoms with Gasteiger partial charge >= 0.3 is 0 Å². The number of halogens is 2. The summed E-state index contributed by atoms with van der Waals surface area (Å²) in [7, 11) is 0. The van der Waals surface area contributed by atoms with Gasteiger partial charge in [0.1, 0.15) is 11.6 Å². The topological polar surface area (TPSA) is 51.3 Å². The van der Waals surface area contributed by atoms with Crippen LogP contribution in [0.2, 0.25) is 0 Å². The highest BCUT2D eigenvalue weighted by atomic mass is 19.1. The quantitative estimate of drug-likeness (QED) is 0.713. The Bertz CT molecular complexity index is 987. The molecule has 1 fully saturated rings. The zero-order valence-corrected chi connectivity index (χ0v) is 17.5. The van der Waals surface area contributed by atoms with Gasteiger partial charge in [-0.25, -0.2) is 13.5 Å². The molecule has 1 aliphatic rings. The molecule has 6 nitrogen and oxygen atoms in total. The van der Waals surface area contributed by atoms with E-state index in [4.69, 9.17) is 0 Å². The molecule has 0 unspecified atom stereocenters. The van der Waals surface area contributed by atoms with E-state index in [1.165, 1.54) is 23.1 Å². The minimum atomic E-state index is -0.286. The Labute approximate surface area is 175 Å². The molecule has 0 radical (unpaired) electrons. The number of hydrogen-bond acceptors (Lipinski definition) is 4. The van der Waals surface area contributed by atoms with Crippen molar-refractivity contribution >= 4 is 5.69 Å². The second-order valence-corrected chi connectivity index (χ2v) is 8.70. The van der Waals surface area contributed by atoms with Crippen molar-refractivity contribution in [1.29, 1.82) is 0 Å². The molecular weight excluding hydrogens is 386 g/mol. The lowest BCUT2D eigenvalue weighted by Crippen LogP contribution is -3.15. The van der Waals surface area contributed by atoms with E-state index in [1.54, 1.807) is 18.2 Å². The molecule has 30 heavy (non-hydrogen) atoms. The zero-order valence-electron chi connectivity index (χ0n) is 17.5. The van der Waals surface area contributed by atoms with E-state index in [0.717, 1.165) is 24.5 Å². The van der Waals surface area contributed by atoms with Crippen molar-refractivity contribution in [3.8, 4) is 0 Å². The number of rotatable bonds is 4. The first-order valence-electron chi connectivity index (χ1n) is 10.2. The fourth-order valence-electron chi connectivity index (χ4n) is 4.11. The molecule has 1 aliphatic heterocycles. The maximum atomic E-state index is 14.2. The number of aromatic nitrogens is 4. The van der Waals surface area contributed by atoms with Crippen LogP contribution in [-0.2, 0) is 5.54 Å². The Morgan fingerprint density at radius 1 is 0.967 bits per heavy atom. The molecule has 1 aromatic heterocycles. The van der Waals surface area contributed by atoms with Crippen molar-refractivity contribution in [2.45, 2.75) is 32.4 Å². The summed E-state index contributed by atoms with van der Waals surface area (Å²) in [6, 6.07) is 13.3. The first kappa shape index (κ1) is 20.4. The molecule has 0 saturated carbocycles. The number of benzene rings is 2. The lowest BCUT2D eigenvalue weighted by molar-refractivity contribution is -0.927. The number of anilines is 1.